The first-order valence-corrected chi connectivity index (χ1v) is 8.43. The summed E-state index contributed by atoms with van der Waals surface area (Å²) in [5.41, 5.74) is 4.41. The third-order valence-corrected chi connectivity index (χ3v) is 3.64. The van der Waals surface area contributed by atoms with Crippen LogP contribution in [0.15, 0.2) is 30.3 Å². The molecule has 0 aliphatic heterocycles. The summed E-state index contributed by atoms with van der Waals surface area (Å²) >= 11 is 0. The van der Waals surface area contributed by atoms with E-state index in [4.69, 9.17) is 10.6 Å². The van der Waals surface area contributed by atoms with Gasteiger partial charge in [-0.2, -0.15) is 0 Å². The normalized spacial score (nSPS) is 12.7. The second-order valence-electron chi connectivity index (χ2n) is 7.02. The SMILES string of the molecule is CC(C)(C)NCC(O)COc1cc(-c2ccc(NN)nn2)ccc1CO. The van der Waals surface area contributed by atoms with E-state index in [1.165, 1.54) is 0 Å². The molecule has 2 aromatic rings. The summed E-state index contributed by atoms with van der Waals surface area (Å²) in [5, 5.41) is 30.9. The minimum absolute atomic E-state index is 0.0830. The molecule has 1 unspecified atom stereocenters. The zero-order valence-corrected chi connectivity index (χ0v) is 15.4. The van der Waals surface area contributed by atoms with Crippen LogP contribution >= 0.6 is 0 Å². The number of ether oxygens (including phenoxy) is 1. The molecule has 2 rings (SSSR count). The number of nitrogens with two attached hydrogens (primary N) is 1. The van der Waals surface area contributed by atoms with Gasteiger partial charge < -0.3 is 25.7 Å². The molecule has 26 heavy (non-hydrogen) atoms. The smallest absolute Gasteiger partial charge is 0.162 e. The topological polar surface area (TPSA) is 126 Å². The average Bonchev–Trinajstić information content (AvgIpc) is 2.64. The molecule has 1 heterocycles. The highest BCUT2D eigenvalue weighted by molar-refractivity contribution is 5.62. The maximum Gasteiger partial charge on any atom is 0.162 e. The van der Waals surface area contributed by atoms with E-state index in [9.17, 15) is 10.2 Å². The molecule has 6 N–H and O–H groups in total. The Kier molecular flexibility index (Phi) is 6.87. The van der Waals surface area contributed by atoms with Crippen LogP contribution in [-0.2, 0) is 6.61 Å². The van der Waals surface area contributed by atoms with Crippen LogP contribution in [0.3, 0.4) is 0 Å². The van der Waals surface area contributed by atoms with E-state index in [0.717, 1.165) is 5.56 Å². The molecule has 0 aliphatic carbocycles. The number of aromatic nitrogens is 2. The number of hydrogen-bond acceptors (Lipinski definition) is 8. The Bertz CT molecular complexity index is 701. The van der Waals surface area contributed by atoms with Gasteiger partial charge in [-0.25, -0.2) is 5.84 Å². The van der Waals surface area contributed by atoms with E-state index in [2.05, 4.69) is 20.9 Å². The van der Waals surface area contributed by atoms with Crippen LogP contribution in [0.5, 0.6) is 5.75 Å². The minimum Gasteiger partial charge on any atom is -0.490 e. The highest BCUT2D eigenvalue weighted by atomic mass is 16.5. The van der Waals surface area contributed by atoms with Crippen molar-refractivity contribution >= 4 is 5.82 Å². The lowest BCUT2D eigenvalue weighted by atomic mass is 10.1. The second-order valence-corrected chi connectivity index (χ2v) is 7.02. The summed E-state index contributed by atoms with van der Waals surface area (Å²) in [5.74, 6) is 6.26. The van der Waals surface area contributed by atoms with Gasteiger partial charge in [0.15, 0.2) is 5.82 Å². The van der Waals surface area contributed by atoms with Crippen LogP contribution in [0.4, 0.5) is 5.82 Å². The Morgan fingerprint density at radius 3 is 2.54 bits per heavy atom. The average molecular weight is 361 g/mol. The number of nitrogen functional groups attached to an aromatic ring is 1. The van der Waals surface area contributed by atoms with Gasteiger partial charge in [-0.15, -0.1) is 10.2 Å². The number of benzene rings is 1. The Balaban J connectivity index is 2.08. The van der Waals surface area contributed by atoms with Crippen molar-refractivity contribution in [1.29, 1.82) is 0 Å². The first kappa shape index (κ1) is 20.1. The van der Waals surface area contributed by atoms with E-state index in [0.29, 0.717) is 29.4 Å². The zero-order chi connectivity index (χ0) is 19.2. The second kappa shape index (κ2) is 8.91. The molecule has 0 saturated heterocycles. The van der Waals surface area contributed by atoms with Crippen molar-refractivity contribution < 1.29 is 14.9 Å². The van der Waals surface area contributed by atoms with Crippen molar-refractivity contribution in [3.8, 4) is 17.0 Å². The van der Waals surface area contributed by atoms with Gasteiger partial charge in [-0.3, -0.25) is 0 Å². The number of aliphatic hydroxyl groups excluding tert-OH is 2. The van der Waals surface area contributed by atoms with Crippen LogP contribution in [0.1, 0.15) is 26.3 Å². The molecule has 1 atom stereocenters. The zero-order valence-electron chi connectivity index (χ0n) is 15.4. The molecule has 0 fully saturated rings. The fourth-order valence-electron chi connectivity index (χ4n) is 2.21. The number of aliphatic hydroxyl groups is 2. The quantitative estimate of drug-likeness (QED) is 0.349. The van der Waals surface area contributed by atoms with Crippen molar-refractivity contribution in [3.63, 3.8) is 0 Å². The lowest BCUT2D eigenvalue weighted by molar-refractivity contribution is 0.0987. The van der Waals surface area contributed by atoms with Crippen molar-refractivity contribution in [2.75, 3.05) is 18.6 Å². The Morgan fingerprint density at radius 1 is 1.19 bits per heavy atom. The van der Waals surface area contributed by atoms with Gasteiger partial charge in [0.2, 0.25) is 0 Å². The summed E-state index contributed by atoms with van der Waals surface area (Å²) < 4.78 is 5.73. The lowest BCUT2D eigenvalue weighted by Crippen LogP contribution is -2.42. The molecule has 0 bridgehead atoms. The lowest BCUT2D eigenvalue weighted by Gasteiger charge is -2.23. The molecular formula is C18H27N5O3. The third kappa shape index (κ3) is 5.92. The van der Waals surface area contributed by atoms with Crippen molar-refractivity contribution in [1.82, 2.24) is 15.5 Å². The number of hydrogen-bond donors (Lipinski definition) is 5. The monoisotopic (exact) mass is 361 g/mol. The van der Waals surface area contributed by atoms with E-state index in [1.807, 2.05) is 26.8 Å². The summed E-state index contributed by atoms with van der Waals surface area (Å²) in [6, 6.07) is 8.86. The third-order valence-electron chi connectivity index (χ3n) is 3.64. The molecule has 8 nitrogen and oxygen atoms in total. The number of anilines is 1. The summed E-state index contributed by atoms with van der Waals surface area (Å²) in [6.45, 7) is 6.45. The summed E-state index contributed by atoms with van der Waals surface area (Å²) in [7, 11) is 0. The Labute approximate surface area is 153 Å². The molecule has 142 valence electrons. The van der Waals surface area contributed by atoms with Crippen molar-refractivity contribution in [2.45, 2.75) is 39.0 Å². The maximum absolute atomic E-state index is 10.1. The van der Waals surface area contributed by atoms with E-state index < -0.39 is 6.10 Å². The maximum atomic E-state index is 10.1. The Hall–Kier alpha value is -2.26. The summed E-state index contributed by atoms with van der Waals surface area (Å²) in [6.07, 6.45) is -0.667. The first-order chi connectivity index (χ1) is 12.3. The van der Waals surface area contributed by atoms with Crippen LogP contribution in [0, 0.1) is 0 Å². The molecule has 0 spiro atoms. The molecule has 8 heteroatoms. The molecule has 0 aliphatic rings. The standard InChI is InChI=1S/C18H27N5O3/c1-18(2,3)20-9-14(25)11-26-16-8-12(4-5-13(16)10-24)15-6-7-17(21-19)23-22-15/h4-8,14,20,24-25H,9-11,19H2,1-3H3,(H,21,23). The largest absolute Gasteiger partial charge is 0.490 e. The van der Waals surface area contributed by atoms with Crippen LogP contribution in [0.25, 0.3) is 11.3 Å². The summed E-state index contributed by atoms with van der Waals surface area (Å²) in [4.78, 5) is 0. The van der Waals surface area contributed by atoms with Gasteiger partial charge in [0, 0.05) is 23.2 Å². The fourth-order valence-corrected chi connectivity index (χ4v) is 2.21. The first-order valence-electron chi connectivity index (χ1n) is 8.43. The van der Waals surface area contributed by atoms with Crippen molar-refractivity contribution in [3.05, 3.63) is 35.9 Å². The predicted octanol–water partition coefficient (Wildman–Crippen LogP) is 1.05. The molecule has 0 radical (unpaired) electrons. The van der Waals surface area contributed by atoms with Crippen LogP contribution < -0.4 is 21.3 Å². The molecular weight excluding hydrogens is 334 g/mol. The number of nitrogens with zero attached hydrogens (tertiary/aromatic N) is 2. The number of hydrazine groups is 1. The fraction of sp³-hybridized carbons (Fsp3) is 0.444. The minimum atomic E-state index is -0.667. The molecule has 1 aromatic heterocycles. The number of rotatable bonds is 8. The van der Waals surface area contributed by atoms with E-state index in [1.54, 1.807) is 24.3 Å². The van der Waals surface area contributed by atoms with Gasteiger partial charge in [0.25, 0.3) is 0 Å². The van der Waals surface area contributed by atoms with E-state index >= 15 is 0 Å². The van der Waals surface area contributed by atoms with E-state index in [-0.39, 0.29) is 18.8 Å². The van der Waals surface area contributed by atoms with Crippen molar-refractivity contribution in [2.24, 2.45) is 5.84 Å². The highest BCUT2D eigenvalue weighted by Crippen LogP contribution is 2.26. The predicted molar refractivity (Wildman–Crippen MR) is 100 cm³/mol. The van der Waals surface area contributed by atoms with Gasteiger partial charge in [0.1, 0.15) is 18.5 Å². The molecule has 0 amide bonds. The van der Waals surface area contributed by atoms with Gasteiger partial charge in [-0.05, 0) is 39.0 Å². The van der Waals surface area contributed by atoms with Crippen LogP contribution in [0.2, 0.25) is 0 Å². The molecule has 0 saturated carbocycles. The van der Waals surface area contributed by atoms with Gasteiger partial charge >= 0.3 is 0 Å². The van der Waals surface area contributed by atoms with Crippen LogP contribution in [-0.4, -0.2) is 45.2 Å². The number of nitrogens with one attached hydrogen (secondary N) is 2. The molecule has 1 aromatic carbocycles. The van der Waals surface area contributed by atoms with Gasteiger partial charge in [-0.1, -0.05) is 12.1 Å². The van der Waals surface area contributed by atoms with Gasteiger partial charge in [0.05, 0.1) is 12.3 Å². The highest BCUT2D eigenvalue weighted by Gasteiger charge is 2.14. The Morgan fingerprint density at radius 2 is 1.96 bits per heavy atom. The number of β-amino-alcohol motifs (C(OH)–C–C–N with tert-alkyl or cyclic N) is 1.